The van der Waals surface area contributed by atoms with E-state index < -0.39 is 21.7 Å². The second kappa shape index (κ2) is 7.96. The van der Waals surface area contributed by atoms with E-state index in [9.17, 15) is 9.13 Å². The van der Waals surface area contributed by atoms with Gasteiger partial charge in [0.15, 0.2) is 0 Å². The molecule has 18 heavy (non-hydrogen) atoms. The van der Waals surface area contributed by atoms with E-state index in [2.05, 4.69) is 8.83 Å². The molecule has 0 spiro atoms. The Morgan fingerprint density at radius 1 is 1.00 bits per heavy atom. The van der Waals surface area contributed by atoms with Crippen molar-refractivity contribution in [3.05, 3.63) is 24.3 Å². The van der Waals surface area contributed by atoms with Gasteiger partial charge in [0.1, 0.15) is 6.10 Å². The molecular formula is C7H14O9P2. The van der Waals surface area contributed by atoms with Crippen LogP contribution in [0, 0.1) is 0 Å². The van der Waals surface area contributed by atoms with Crippen LogP contribution in [-0.4, -0.2) is 44.2 Å². The smallest absolute Gasteiger partial charge is 0.392 e. The molecule has 11 heteroatoms. The molecule has 0 aromatic rings. The zero-order valence-electron chi connectivity index (χ0n) is 9.06. The lowest BCUT2D eigenvalue weighted by molar-refractivity contribution is 0.168. The molecule has 0 amide bonds. The lowest BCUT2D eigenvalue weighted by Crippen LogP contribution is -2.06. The molecule has 0 radical (unpaired) electrons. The van der Waals surface area contributed by atoms with Gasteiger partial charge in [-0.1, -0.05) is 24.3 Å². The van der Waals surface area contributed by atoms with E-state index in [1.54, 1.807) is 0 Å². The van der Waals surface area contributed by atoms with Crippen molar-refractivity contribution in [2.24, 2.45) is 0 Å². The Labute approximate surface area is 103 Å². The van der Waals surface area contributed by atoms with E-state index in [1.165, 1.54) is 12.2 Å². The highest BCUT2D eigenvalue weighted by Gasteiger charge is 2.33. The first-order valence-corrected chi connectivity index (χ1v) is 7.56. The molecular weight excluding hydrogens is 290 g/mol. The SMILES string of the molecule is O=P(O)(O)OP(=O)(O)OC(C=CCO)C=CCO. The summed E-state index contributed by atoms with van der Waals surface area (Å²) in [6, 6.07) is 0. The summed E-state index contributed by atoms with van der Waals surface area (Å²) < 4.78 is 29.6. The minimum absolute atomic E-state index is 0.373. The highest BCUT2D eigenvalue weighted by atomic mass is 31.3. The standard InChI is InChI=1S/C7H14O9P2/c8-5-1-3-7(4-2-6-9)15-18(13,14)16-17(10,11)12/h1-4,7-9H,5-6H2,(H,13,14)(H2,10,11,12). The Hall–Kier alpha value is -0.340. The Morgan fingerprint density at radius 2 is 1.44 bits per heavy atom. The van der Waals surface area contributed by atoms with Crippen LogP contribution in [0.2, 0.25) is 0 Å². The molecule has 0 rings (SSSR count). The van der Waals surface area contributed by atoms with E-state index >= 15 is 0 Å². The number of aliphatic hydroxyl groups excluding tert-OH is 2. The summed E-state index contributed by atoms with van der Waals surface area (Å²) in [6.07, 6.45) is 3.41. The Balaban J connectivity index is 4.75. The zero-order chi connectivity index (χ0) is 14.2. The molecule has 0 aliphatic heterocycles. The first-order chi connectivity index (χ1) is 8.20. The Morgan fingerprint density at radius 3 is 1.78 bits per heavy atom. The van der Waals surface area contributed by atoms with Gasteiger partial charge in [0.05, 0.1) is 13.2 Å². The summed E-state index contributed by atoms with van der Waals surface area (Å²) in [5.41, 5.74) is 0. The van der Waals surface area contributed by atoms with Gasteiger partial charge in [-0.2, -0.15) is 4.31 Å². The summed E-state index contributed by atoms with van der Waals surface area (Å²) in [5.74, 6) is 0. The van der Waals surface area contributed by atoms with Gasteiger partial charge in [0.25, 0.3) is 0 Å². The molecule has 1 unspecified atom stereocenters. The van der Waals surface area contributed by atoms with Crippen LogP contribution in [-0.2, 0) is 18.0 Å². The minimum Gasteiger partial charge on any atom is -0.392 e. The quantitative estimate of drug-likeness (QED) is 0.299. The first kappa shape index (κ1) is 17.7. The average molecular weight is 304 g/mol. The van der Waals surface area contributed by atoms with Crippen LogP contribution in [0.4, 0.5) is 0 Å². The first-order valence-electron chi connectivity index (χ1n) is 4.53. The van der Waals surface area contributed by atoms with Gasteiger partial charge in [-0.25, -0.2) is 9.13 Å². The molecule has 106 valence electrons. The molecule has 0 aromatic heterocycles. The zero-order valence-corrected chi connectivity index (χ0v) is 10.9. The third kappa shape index (κ3) is 9.67. The van der Waals surface area contributed by atoms with Crippen LogP contribution in [0.25, 0.3) is 0 Å². The fourth-order valence-electron chi connectivity index (χ4n) is 0.832. The second-order valence-electron chi connectivity index (χ2n) is 2.83. The molecule has 1 atom stereocenters. The lowest BCUT2D eigenvalue weighted by atomic mass is 10.3. The predicted octanol–water partition coefficient (Wildman–Crippen LogP) is -0.322. The molecule has 5 N–H and O–H groups in total. The predicted molar refractivity (Wildman–Crippen MR) is 60.3 cm³/mol. The van der Waals surface area contributed by atoms with Crippen molar-refractivity contribution in [1.82, 2.24) is 0 Å². The number of hydrogen-bond acceptors (Lipinski definition) is 6. The molecule has 0 aromatic carbocycles. The number of phosphoric ester groups is 1. The molecule has 0 aliphatic rings. The molecule has 0 bridgehead atoms. The van der Waals surface area contributed by atoms with Crippen molar-refractivity contribution in [2.45, 2.75) is 6.10 Å². The van der Waals surface area contributed by atoms with Gasteiger partial charge in [-0.05, 0) is 0 Å². The average Bonchev–Trinajstić information content (AvgIpc) is 2.18. The van der Waals surface area contributed by atoms with E-state index in [0.717, 1.165) is 12.2 Å². The summed E-state index contributed by atoms with van der Waals surface area (Å²) in [4.78, 5) is 25.8. The van der Waals surface area contributed by atoms with Crippen LogP contribution in [0.3, 0.4) is 0 Å². The maximum atomic E-state index is 11.2. The summed E-state index contributed by atoms with van der Waals surface area (Å²) in [6.45, 7) is -0.746. The van der Waals surface area contributed by atoms with Gasteiger partial charge in [-0.3, -0.25) is 4.52 Å². The monoisotopic (exact) mass is 304 g/mol. The molecule has 0 saturated carbocycles. The second-order valence-corrected chi connectivity index (χ2v) is 5.61. The third-order valence-electron chi connectivity index (χ3n) is 1.33. The Kier molecular flexibility index (Phi) is 7.81. The molecule has 0 saturated heterocycles. The summed E-state index contributed by atoms with van der Waals surface area (Å²) in [7, 11) is -10.2. The van der Waals surface area contributed by atoms with Gasteiger partial charge in [-0.15, -0.1) is 0 Å². The van der Waals surface area contributed by atoms with Crippen molar-refractivity contribution >= 4 is 15.6 Å². The van der Waals surface area contributed by atoms with E-state index in [4.69, 9.17) is 24.9 Å². The number of hydrogen-bond donors (Lipinski definition) is 5. The van der Waals surface area contributed by atoms with Gasteiger partial charge in [0.2, 0.25) is 0 Å². The molecule has 0 heterocycles. The fourth-order valence-corrected chi connectivity index (χ4v) is 2.51. The topological polar surface area (TPSA) is 154 Å². The number of aliphatic hydroxyl groups is 2. The molecule has 0 aliphatic carbocycles. The summed E-state index contributed by atoms with van der Waals surface area (Å²) >= 11 is 0. The highest BCUT2D eigenvalue weighted by Crippen LogP contribution is 2.58. The van der Waals surface area contributed by atoms with Crippen LogP contribution in [0.5, 0.6) is 0 Å². The third-order valence-corrected chi connectivity index (χ3v) is 3.51. The van der Waals surface area contributed by atoms with Crippen LogP contribution in [0.15, 0.2) is 24.3 Å². The maximum Gasteiger partial charge on any atom is 0.482 e. The van der Waals surface area contributed by atoms with Gasteiger partial charge in [0, 0.05) is 0 Å². The summed E-state index contributed by atoms with van der Waals surface area (Å²) in [5, 5.41) is 17.0. The molecule has 0 fully saturated rings. The normalized spacial score (nSPS) is 18.3. The Bertz CT molecular complexity index is 370. The minimum atomic E-state index is -5.18. The van der Waals surface area contributed by atoms with E-state index in [-0.39, 0.29) is 13.2 Å². The maximum absolute atomic E-state index is 11.2. The molecule has 9 nitrogen and oxygen atoms in total. The van der Waals surface area contributed by atoms with Crippen LogP contribution < -0.4 is 0 Å². The number of rotatable bonds is 8. The van der Waals surface area contributed by atoms with Crippen molar-refractivity contribution < 1.29 is 42.9 Å². The highest BCUT2D eigenvalue weighted by molar-refractivity contribution is 7.60. The van der Waals surface area contributed by atoms with Crippen LogP contribution >= 0.6 is 15.6 Å². The lowest BCUT2D eigenvalue weighted by Gasteiger charge is -2.15. The van der Waals surface area contributed by atoms with Gasteiger partial charge < -0.3 is 24.9 Å². The van der Waals surface area contributed by atoms with Crippen molar-refractivity contribution in [3.8, 4) is 0 Å². The van der Waals surface area contributed by atoms with E-state index in [0.29, 0.717) is 0 Å². The van der Waals surface area contributed by atoms with E-state index in [1.807, 2.05) is 0 Å². The van der Waals surface area contributed by atoms with Crippen molar-refractivity contribution in [3.63, 3.8) is 0 Å². The van der Waals surface area contributed by atoms with Gasteiger partial charge >= 0.3 is 15.6 Å². The van der Waals surface area contributed by atoms with Crippen LogP contribution in [0.1, 0.15) is 0 Å². The largest absolute Gasteiger partial charge is 0.482 e. The van der Waals surface area contributed by atoms with Crippen molar-refractivity contribution in [1.29, 1.82) is 0 Å². The fraction of sp³-hybridized carbons (Fsp3) is 0.429. The number of phosphoric acid groups is 2. The van der Waals surface area contributed by atoms with Crippen molar-refractivity contribution in [2.75, 3.05) is 13.2 Å².